The number of benzene rings is 3. The van der Waals surface area contributed by atoms with Crippen molar-refractivity contribution in [3.63, 3.8) is 0 Å². The molecule has 0 N–H and O–H groups in total. The molecular formula is C32H25NO2S. The molecular weight excluding hydrogens is 462 g/mol. The quantitative estimate of drug-likeness (QED) is 0.248. The lowest BCUT2D eigenvalue weighted by molar-refractivity contribution is 0.414. The molecule has 0 saturated heterocycles. The van der Waals surface area contributed by atoms with Gasteiger partial charge in [-0.25, -0.2) is 0 Å². The molecule has 176 valence electrons. The molecule has 0 aliphatic carbocycles. The Kier molecular flexibility index (Phi) is 4.19. The highest BCUT2D eigenvalue weighted by atomic mass is 32.1. The summed E-state index contributed by atoms with van der Waals surface area (Å²) in [6.07, 6.45) is 0.384. The summed E-state index contributed by atoms with van der Waals surface area (Å²) in [4.78, 5) is 6.44. The third kappa shape index (κ3) is 3.44. The zero-order valence-corrected chi connectivity index (χ0v) is 21.1. The van der Waals surface area contributed by atoms with Crippen molar-refractivity contribution >= 4 is 55.2 Å². The van der Waals surface area contributed by atoms with Crippen molar-refractivity contribution in [1.82, 2.24) is 4.98 Å². The Morgan fingerprint density at radius 1 is 0.778 bits per heavy atom. The number of aromatic nitrogens is 1. The number of thiophene rings is 1. The molecule has 3 aromatic carbocycles. The van der Waals surface area contributed by atoms with Gasteiger partial charge in [0.05, 0.1) is 5.69 Å². The minimum Gasteiger partial charge on any atom is -0.452 e. The predicted molar refractivity (Wildman–Crippen MR) is 151 cm³/mol. The van der Waals surface area contributed by atoms with Gasteiger partial charge < -0.3 is 8.83 Å². The van der Waals surface area contributed by atoms with Gasteiger partial charge in [0.15, 0.2) is 11.2 Å². The van der Waals surface area contributed by atoms with Crippen molar-refractivity contribution in [2.24, 2.45) is 5.41 Å². The fraction of sp³-hybridized carbons (Fsp3) is 0.156. The summed E-state index contributed by atoms with van der Waals surface area (Å²) in [5.74, 6) is 0. The first-order chi connectivity index (χ1) is 18.2. The van der Waals surface area contributed by atoms with Gasteiger partial charge in [-0.2, -0.15) is 0 Å². The Hall–Kier alpha value is -3.89. The molecule has 0 radical (unpaired) electrons. The minimum absolute atomic E-state index is 0.499. The van der Waals surface area contributed by atoms with Gasteiger partial charge in [0.1, 0.15) is 11.2 Å². The molecule has 0 fully saturated rings. The molecule has 0 saturated carbocycles. The Labute approximate surface area is 215 Å². The highest BCUT2D eigenvalue weighted by Gasteiger charge is 2.19. The molecule has 0 amide bonds. The highest BCUT2D eigenvalue weighted by molar-refractivity contribution is 7.15. The molecule has 7 rings (SSSR count). The summed E-state index contributed by atoms with van der Waals surface area (Å²) in [7, 11) is 0. The van der Waals surface area contributed by atoms with Crippen LogP contribution in [0, 0.1) is 5.41 Å². The molecule has 0 aliphatic heterocycles. The number of hydrogen-bond donors (Lipinski definition) is 0. The fourth-order valence-electron chi connectivity index (χ4n) is 4.90. The van der Waals surface area contributed by atoms with E-state index in [-0.39, 0.29) is 0 Å². The summed E-state index contributed by atoms with van der Waals surface area (Å²) in [5.41, 5.74) is 5.33. The summed E-state index contributed by atoms with van der Waals surface area (Å²) in [5, 5.41) is 4.14. The number of para-hydroxylation sites is 2. The van der Waals surface area contributed by atoms with Crippen LogP contribution in [0.25, 0.3) is 65.6 Å². The van der Waals surface area contributed by atoms with Crippen molar-refractivity contribution in [2.75, 3.05) is 0 Å². The first kappa shape index (κ1) is 19.3. The Balaban J connectivity index is 1.37. The maximum absolute atomic E-state index is 8.65. The molecule has 0 spiro atoms. The number of rotatable bonds is 3. The van der Waals surface area contributed by atoms with Crippen LogP contribution in [0.3, 0.4) is 0 Å². The standard InChI is InChI=1S/C32H25NO2S/c1-32(2,3)18-20-11-14-28(36-20)19-15-16-33-26(17-19)25-9-6-8-22-24-13-12-23-21-7-4-5-10-27(21)34-30(23)31(24)35-29(22)25/h4-17H,18H2,1-3H3/i18D2. The van der Waals surface area contributed by atoms with Crippen LogP contribution >= 0.6 is 11.3 Å². The van der Waals surface area contributed by atoms with E-state index in [4.69, 9.17) is 16.6 Å². The normalized spacial score (nSPS) is 13.6. The van der Waals surface area contributed by atoms with Gasteiger partial charge in [0.2, 0.25) is 0 Å². The van der Waals surface area contributed by atoms with Crippen molar-refractivity contribution < 1.29 is 11.6 Å². The third-order valence-electron chi connectivity index (χ3n) is 6.44. The molecule has 0 atom stereocenters. The van der Waals surface area contributed by atoms with Gasteiger partial charge in [0.25, 0.3) is 0 Å². The second-order valence-electron chi connectivity index (χ2n) is 10.2. The second kappa shape index (κ2) is 7.81. The van der Waals surface area contributed by atoms with Gasteiger partial charge in [-0.1, -0.05) is 51.1 Å². The molecule has 36 heavy (non-hydrogen) atoms. The molecule has 3 nitrogen and oxygen atoms in total. The van der Waals surface area contributed by atoms with E-state index in [0.717, 1.165) is 70.5 Å². The lowest BCUT2D eigenvalue weighted by Gasteiger charge is -2.16. The number of furan rings is 2. The number of pyridine rings is 1. The average Bonchev–Trinajstić information content (AvgIpc) is 3.63. The highest BCUT2D eigenvalue weighted by Crippen LogP contribution is 2.41. The van der Waals surface area contributed by atoms with E-state index in [1.165, 1.54) is 11.3 Å². The lowest BCUT2D eigenvalue weighted by Crippen LogP contribution is -2.07. The summed E-state index contributed by atoms with van der Waals surface area (Å²) in [6, 6.07) is 26.3. The lowest BCUT2D eigenvalue weighted by atomic mass is 9.92. The van der Waals surface area contributed by atoms with E-state index < -0.39 is 11.8 Å². The summed E-state index contributed by atoms with van der Waals surface area (Å²) < 4.78 is 30.1. The van der Waals surface area contributed by atoms with Crippen LogP contribution in [0.2, 0.25) is 0 Å². The predicted octanol–water partition coefficient (Wildman–Crippen LogP) is 9.86. The molecule has 0 aliphatic rings. The van der Waals surface area contributed by atoms with Crippen LogP contribution < -0.4 is 0 Å². The fourth-order valence-corrected chi connectivity index (χ4v) is 6.01. The van der Waals surface area contributed by atoms with E-state index in [0.29, 0.717) is 0 Å². The Morgan fingerprint density at radius 2 is 1.53 bits per heavy atom. The van der Waals surface area contributed by atoms with Crippen LogP contribution in [0.5, 0.6) is 0 Å². The molecule has 0 unspecified atom stereocenters. The maximum Gasteiger partial charge on any atom is 0.178 e. The SMILES string of the molecule is [2H]C([2H])(c1ccc(-c2ccnc(-c3cccc4c3oc3c4ccc4c5ccccc5oc43)c2)s1)C(C)(C)C. The zero-order chi connectivity index (χ0) is 26.2. The molecule has 4 aromatic heterocycles. The van der Waals surface area contributed by atoms with Crippen LogP contribution in [-0.2, 0) is 6.37 Å². The zero-order valence-electron chi connectivity index (χ0n) is 22.3. The average molecular weight is 490 g/mol. The first-order valence-electron chi connectivity index (χ1n) is 13.0. The monoisotopic (exact) mass is 489 g/mol. The van der Waals surface area contributed by atoms with Crippen molar-refractivity contribution in [3.05, 3.63) is 89.9 Å². The Bertz CT molecular complexity index is 2010. The van der Waals surface area contributed by atoms with Crippen LogP contribution in [0.1, 0.15) is 28.4 Å². The van der Waals surface area contributed by atoms with Crippen molar-refractivity contribution in [2.45, 2.75) is 27.1 Å². The number of nitrogens with zero attached hydrogens (tertiary/aromatic N) is 1. The summed E-state index contributed by atoms with van der Waals surface area (Å²) >= 11 is 1.50. The molecule has 4 heteroatoms. The number of fused-ring (bicyclic) bond motifs is 7. The van der Waals surface area contributed by atoms with Gasteiger partial charge >= 0.3 is 0 Å². The van der Waals surface area contributed by atoms with Gasteiger partial charge in [-0.15, -0.1) is 11.3 Å². The van der Waals surface area contributed by atoms with Gasteiger partial charge in [0, 0.05) is 45.8 Å². The first-order valence-corrected chi connectivity index (χ1v) is 12.9. The van der Waals surface area contributed by atoms with Crippen molar-refractivity contribution in [1.29, 1.82) is 0 Å². The van der Waals surface area contributed by atoms with E-state index >= 15 is 0 Å². The molecule has 4 heterocycles. The topological polar surface area (TPSA) is 39.2 Å². The van der Waals surface area contributed by atoms with Gasteiger partial charge in [-0.05, 0) is 65.9 Å². The minimum atomic E-state index is -1.42. The number of hydrogen-bond acceptors (Lipinski definition) is 4. The van der Waals surface area contributed by atoms with E-state index in [9.17, 15) is 0 Å². The van der Waals surface area contributed by atoms with Crippen molar-refractivity contribution in [3.8, 4) is 21.7 Å². The largest absolute Gasteiger partial charge is 0.452 e. The van der Waals surface area contributed by atoms with E-state index in [1.807, 2.05) is 69.3 Å². The molecule has 0 bridgehead atoms. The molecule has 7 aromatic rings. The van der Waals surface area contributed by atoms with Crippen LogP contribution in [0.4, 0.5) is 0 Å². The summed E-state index contributed by atoms with van der Waals surface area (Å²) in [6.45, 7) is 5.80. The second-order valence-corrected chi connectivity index (χ2v) is 11.3. The van der Waals surface area contributed by atoms with Crippen LogP contribution in [-0.4, -0.2) is 4.98 Å². The maximum atomic E-state index is 8.65. The smallest absolute Gasteiger partial charge is 0.178 e. The van der Waals surface area contributed by atoms with E-state index in [2.05, 4.69) is 30.3 Å². The van der Waals surface area contributed by atoms with Crippen LogP contribution in [0.15, 0.2) is 93.9 Å². The third-order valence-corrected chi connectivity index (χ3v) is 7.49. The van der Waals surface area contributed by atoms with Gasteiger partial charge in [-0.3, -0.25) is 4.98 Å². The Morgan fingerprint density at radius 3 is 2.39 bits per heavy atom. The van der Waals surface area contributed by atoms with E-state index in [1.54, 1.807) is 6.20 Å².